The van der Waals surface area contributed by atoms with Crippen LogP contribution in [0.1, 0.15) is 43.0 Å². The number of hydrogen-bond donors (Lipinski definition) is 1. The van der Waals surface area contributed by atoms with Gasteiger partial charge in [0.15, 0.2) is 0 Å². The predicted octanol–water partition coefficient (Wildman–Crippen LogP) is 4.27. The number of anilines is 1. The van der Waals surface area contributed by atoms with Crippen LogP contribution in [0.25, 0.3) is 10.4 Å². The van der Waals surface area contributed by atoms with E-state index in [1.54, 1.807) is 11.3 Å². The predicted molar refractivity (Wildman–Crippen MR) is 95.3 cm³/mol. The zero-order chi connectivity index (χ0) is 15.7. The molecule has 1 aliphatic heterocycles. The van der Waals surface area contributed by atoms with Gasteiger partial charge in [-0.1, -0.05) is 6.92 Å². The van der Waals surface area contributed by atoms with E-state index in [4.69, 9.17) is 0 Å². The van der Waals surface area contributed by atoms with Gasteiger partial charge in [0, 0.05) is 40.2 Å². The number of piperidine rings is 1. The van der Waals surface area contributed by atoms with Gasteiger partial charge >= 0.3 is 0 Å². The summed E-state index contributed by atoms with van der Waals surface area (Å²) < 4.78 is 0. The van der Waals surface area contributed by atoms with Crippen LogP contribution in [0.15, 0.2) is 16.2 Å². The van der Waals surface area contributed by atoms with Crippen molar-refractivity contribution in [3.8, 4) is 10.4 Å². The van der Waals surface area contributed by atoms with Crippen molar-refractivity contribution < 1.29 is 0 Å². The lowest BCUT2D eigenvalue weighted by Gasteiger charge is -2.28. The van der Waals surface area contributed by atoms with Crippen molar-refractivity contribution in [1.29, 1.82) is 0 Å². The van der Waals surface area contributed by atoms with Crippen LogP contribution in [0.5, 0.6) is 0 Å². The van der Waals surface area contributed by atoms with E-state index >= 15 is 0 Å². The monoisotopic (exact) mass is 316 g/mol. The molecule has 0 aromatic carbocycles. The van der Waals surface area contributed by atoms with Gasteiger partial charge in [-0.15, -0.1) is 11.3 Å². The second-order valence-corrected chi connectivity index (χ2v) is 7.02. The van der Waals surface area contributed by atoms with Crippen molar-refractivity contribution in [2.75, 3.05) is 18.0 Å². The zero-order valence-electron chi connectivity index (χ0n) is 13.7. The Hall–Kier alpha value is -1.55. The lowest BCUT2D eigenvalue weighted by Crippen LogP contribution is -2.29. The molecule has 0 unspecified atom stereocenters. The van der Waals surface area contributed by atoms with E-state index in [-0.39, 0.29) is 5.56 Å². The van der Waals surface area contributed by atoms with Crippen molar-refractivity contribution in [1.82, 2.24) is 4.98 Å². The maximum Gasteiger partial charge on any atom is 0.251 e. The van der Waals surface area contributed by atoms with Gasteiger partial charge in [0.25, 0.3) is 5.56 Å². The van der Waals surface area contributed by atoms with Crippen LogP contribution in [0.4, 0.5) is 5.69 Å². The van der Waals surface area contributed by atoms with Crippen LogP contribution in [0, 0.1) is 13.8 Å². The molecule has 1 fully saturated rings. The maximum absolute atomic E-state index is 11.9. The van der Waals surface area contributed by atoms with Gasteiger partial charge in [-0.25, -0.2) is 0 Å². The fourth-order valence-electron chi connectivity index (χ4n) is 3.28. The molecule has 4 heteroatoms. The molecule has 0 spiro atoms. The van der Waals surface area contributed by atoms with E-state index in [1.165, 1.54) is 54.0 Å². The first-order chi connectivity index (χ1) is 10.6. The highest BCUT2D eigenvalue weighted by atomic mass is 32.1. The molecule has 0 radical (unpaired) electrons. The lowest BCUT2D eigenvalue weighted by molar-refractivity contribution is 0.577. The van der Waals surface area contributed by atoms with Gasteiger partial charge in [-0.3, -0.25) is 4.79 Å². The number of H-pyrrole nitrogens is 1. The fourth-order valence-corrected chi connectivity index (χ4v) is 4.46. The number of aryl methyl sites for hydroxylation is 2. The van der Waals surface area contributed by atoms with Crippen LogP contribution < -0.4 is 10.5 Å². The van der Waals surface area contributed by atoms with Crippen LogP contribution in [-0.2, 0) is 6.42 Å². The molecular formula is C18H24N2OS. The summed E-state index contributed by atoms with van der Waals surface area (Å²) in [6.45, 7) is 8.58. The average Bonchev–Trinajstić information content (AvgIpc) is 2.90. The molecule has 118 valence electrons. The van der Waals surface area contributed by atoms with Crippen LogP contribution in [0.2, 0.25) is 0 Å². The number of nitrogens with zero attached hydrogens (tertiary/aromatic N) is 1. The van der Waals surface area contributed by atoms with E-state index in [1.807, 2.05) is 13.8 Å². The smallest absolute Gasteiger partial charge is 0.251 e. The molecule has 0 atom stereocenters. The Morgan fingerprint density at radius 3 is 2.64 bits per heavy atom. The molecule has 0 aliphatic carbocycles. The second kappa shape index (κ2) is 6.29. The first-order valence-electron chi connectivity index (χ1n) is 8.18. The first-order valence-corrected chi connectivity index (χ1v) is 9.06. The standard InChI is InChI=1S/C18H24N2OS/c1-4-14-10-15(13(3)19-18(14)21)17-12(2)16(11-22-17)20-8-6-5-7-9-20/h10-11H,4-9H2,1-3H3,(H,19,21). The Morgan fingerprint density at radius 1 is 1.23 bits per heavy atom. The molecule has 2 aromatic rings. The number of pyridine rings is 1. The minimum Gasteiger partial charge on any atom is -0.371 e. The summed E-state index contributed by atoms with van der Waals surface area (Å²) >= 11 is 1.80. The van der Waals surface area contributed by atoms with E-state index in [9.17, 15) is 4.79 Å². The fraction of sp³-hybridized carbons (Fsp3) is 0.500. The van der Waals surface area contributed by atoms with Crippen LogP contribution in [-0.4, -0.2) is 18.1 Å². The Bertz CT molecular complexity index is 723. The normalized spacial score (nSPS) is 15.3. The molecule has 2 aromatic heterocycles. The van der Waals surface area contributed by atoms with Crippen molar-refractivity contribution >= 4 is 17.0 Å². The van der Waals surface area contributed by atoms with Gasteiger partial charge in [0.05, 0.1) is 5.69 Å². The maximum atomic E-state index is 11.9. The first kappa shape index (κ1) is 15.3. The molecule has 3 heterocycles. The summed E-state index contributed by atoms with van der Waals surface area (Å²) in [5, 5.41) is 2.28. The largest absolute Gasteiger partial charge is 0.371 e. The third kappa shape index (κ3) is 2.72. The molecule has 1 saturated heterocycles. The van der Waals surface area contributed by atoms with Crippen LogP contribution in [0.3, 0.4) is 0 Å². The SMILES string of the molecule is CCc1cc(-c2scc(N3CCCCC3)c2C)c(C)[nH]c1=O. The van der Waals surface area contributed by atoms with Gasteiger partial charge in [0.2, 0.25) is 0 Å². The Kier molecular flexibility index (Phi) is 4.39. The molecule has 3 nitrogen and oxygen atoms in total. The third-order valence-electron chi connectivity index (χ3n) is 4.65. The molecule has 22 heavy (non-hydrogen) atoms. The average molecular weight is 316 g/mol. The van der Waals surface area contributed by atoms with E-state index < -0.39 is 0 Å². The number of thiophene rings is 1. The molecular weight excluding hydrogens is 292 g/mol. The Morgan fingerprint density at radius 2 is 1.95 bits per heavy atom. The molecule has 0 bridgehead atoms. The Balaban J connectivity index is 2.02. The zero-order valence-corrected chi connectivity index (χ0v) is 14.5. The van der Waals surface area contributed by atoms with Crippen LogP contribution >= 0.6 is 11.3 Å². The van der Waals surface area contributed by atoms with Gasteiger partial charge in [-0.05, 0) is 51.2 Å². The number of hydrogen-bond acceptors (Lipinski definition) is 3. The number of aromatic amines is 1. The van der Waals surface area contributed by atoms with E-state index in [0.717, 1.165) is 17.7 Å². The van der Waals surface area contributed by atoms with Crippen molar-refractivity contribution in [3.63, 3.8) is 0 Å². The van der Waals surface area contributed by atoms with Gasteiger partial charge in [0.1, 0.15) is 0 Å². The number of nitrogens with one attached hydrogen (secondary N) is 1. The van der Waals surface area contributed by atoms with Crippen molar-refractivity contribution in [2.24, 2.45) is 0 Å². The summed E-state index contributed by atoms with van der Waals surface area (Å²) in [5.74, 6) is 0. The summed E-state index contributed by atoms with van der Waals surface area (Å²) in [7, 11) is 0. The number of aromatic nitrogens is 1. The molecule has 0 saturated carbocycles. The quantitative estimate of drug-likeness (QED) is 0.918. The van der Waals surface area contributed by atoms with Crippen molar-refractivity contribution in [2.45, 2.75) is 46.5 Å². The van der Waals surface area contributed by atoms with E-state index in [0.29, 0.717) is 0 Å². The van der Waals surface area contributed by atoms with Gasteiger partial charge < -0.3 is 9.88 Å². The highest BCUT2D eigenvalue weighted by Crippen LogP contribution is 2.39. The second-order valence-electron chi connectivity index (χ2n) is 6.14. The van der Waals surface area contributed by atoms with Gasteiger partial charge in [-0.2, -0.15) is 0 Å². The molecule has 3 rings (SSSR count). The summed E-state index contributed by atoms with van der Waals surface area (Å²) in [5.41, 5.74) is 5.80. The molecule has 0 amide bonds. The number of rotatable bonds is 3. The lowest BCUT2D eigenvalue weighted by atomic mass is 10.0. The summed E-state index contributed by atoms with van der Waals surface area (Å²) in [6, 6.07) is 2.08. The topological polar surface area (TPSA) is 36.1 Å². The summed E-state index contributed by atoms with van der Waals surface area (Å²) in [4.78, 5) is 18.8. The minimum atomic E-state index is 0.0502. The third-order valence-corrected chi connectivity index (χ3v) is 5.75. The molecule has 1 N–H and O–H groups in total. The Labute approximate surface area is 136 Å². The van der Waals surface area contributed by atoms with E-state index in [2.05, 4.69) is 28.3 Å². The highest BCUT2D eigenvalue weighted by Gasteiger charge is 2.18. The molecule has 1 aliphatic rings. The van der Waals surface area contributed by atoms with Crippen molar-refractivity contribution in [3.05, 3.63) is 38.6 Å². The minimum absolute atomic E-state index is 0.0502. The summed E-state index contributed by atoms with van der Waals surface area (Å²) in [6.07, 6.45) is 4.71. The highest BCUT2D eigenvalue weighted by molar-refractivity contribution is 7.14.